The third-order valence-electron chi connectivity index (χ3n) is 2.48. The van der Waals surface area contributed by atoms with Crippen molar-refractivity contribution in [2.75, 3.05) is 6.54 Å². The first-order valence-electron chi connectivity index (χ1n) is 5.50. The van der Waals surface area contributed by atoms with Crippen LogP contribution in [-0.2, 0) is 13.5 Å². The number of hydrogen-bond acceptors (Lipinski definition) is 3. The molecule has 86 valence electrons. The first-order valence-corrected chi connectivity index (χ1v) is 5.50. The Balaban J connectivity index is 2.09. The van der Waals surface area contributed by atoms with E-state index in [1.165, 1.54) is 0 Å². The molecule has 0 fully saturated rings. The van der Waals surface area contributed by atoms with Crippen LogP contribution in [0.1, 0.15) is 24.5 Å². The Kier molecular flexibility index (Phi) is 3.36. The third-order valence-corrected chi connectivity index (χ3v) is 2.48. The minimum absolute atomic E-state index is 0.204. The number of aromatic amines is 1. The summed E-state index contributed by atoms with van der Waals surface area (Å²) in [6.07, 6.45) is 6.43. The van der Waals surface area contributed by atoms with Gasteiger partial charge in [0.15, 0.2) is 0 Å². The summed E-state index contributed by atoms with van der Waals surface area (Å²) in [4.78, 5) is 7.43. The molecular formula is C11H17N5. The predicted octanol–water partition coefficient (Wildman–Crippen LogP) is 1.04. The second-order valence-corrected chi connectivity index (χ2v) is 3.77. The second kappa shape index (κ2) is 4.94. The van der Waals surface area contributed by atoms with Crippen LogP contribution in [0.25, 0.3) is 0 Å². The molecule has 5 heteroatoms. The highest BCUT2D eigenvalue weighted by Crippen LogP contribution is 2.13. The Morgan fingerprint density at radius 1 is 1.56 bits per heavy atom. The highest BCUT2D eigenvalue weighted by Gasteiger charge is 2.14. The van der Waals surface area contributed by atoms with Gasteiger partial charge in [0.05, 0.1) is 11.7 Å². The maximum atomic E-state index is 4.38. The fourth-order valence-electron chi connectivity index (χ4n) is 1.76. The standard InChI is InChI=1S/C11H17N5/c1-3-12-10(11-13-5-6-14-11)8-9-4-7-16(2)15-9/h4-7,10,12H,3,8H2,1-2H3,(H,13,14). The van der Waals surface area contributed by atoms with E-state index in [2.05, 4.69) is 27.3 Å². The highest BCUT2D eigenvalue weighted by molar-refractivity contribution is 5.06. The molecule has 0 spiro atoms. The maximum absolute atomic E-state index is 4.38. The van der Waals surface area contributed by atoms with Crippen LogP contribution in [-0.4, -0.2) is 26.3 Å². The largest absolute Gasteiger partial charge is 0.347 e. The molecule has 2 aromatic heterocycles. The van der Waals surface area contributed by atoms with Crippen molar-refractivity contribution in [2.24, 2.45) is 7.05 Å². The molecule has 2 rings (SSSR count). The molecule has 0 aliphatic carbocycles. The molecular weight excluding hydrogens is 202 g/mol. The van der Waals surface area contributed by atoms with Crippen molar-refractivity contribution in [1.29, 1.82) is 0 Å². The van der Waals surface area contributed by atoms with Crippen LogP contribution >= 0.6 is 0 Å². The lowest BCUT2D eigenvalue weighted by atomic mass is 10.1. The number of H-pyrrole nitrogens is 1. The molecule has 1 atom stereocenters. The lowest BCUT2D eigenvalue weighted by molar-refractivity contribution is 0.517. The van der Waals surface area contributed by atoms with Gasteiger partial charge in [-0.2, -0.15) is 5.10 Å². The lowest BCUT2D eigenvalue weighted by Gasteiger charge is -2.13. The number of imidazole rings is 1. The molecule has 0 amide bonds. The zero-order chi connectivity index (χ0) is 11.4. The number of rotatable bonds is 5. The van der Waals surface area contributed by atoms with Gasteiger partial charge in [-0.05, 0) is 12.6 Å². The Labute approximate surface area is 94.9 Å². The van der Waals surface area contributed by atoms with Gasteiger partial charge in [0, 0.05) is 32.1 Å². The van der Waals surface area contributed by atoms with Gasteiger partial charge in [-0.3, -0.25) is 4.68 Å². The van der Waals surface area contributed by atoms with E-state index in [0.29, 0.717) is 0 Å². The molecule has 0 aromatic carbocycles. The molecule has 1 unspecified atom stereocenters. The molecule has 2 heterocycles. The van der Waals surface area contributed by atoms with E-state index < -0.39 is 0 Å². The molecule has 5 nitrogen and oxygen atoms in total. The van der Waals surface area contributed by atoms with E-state index in [9.17, 15) is 0 Å². The van der Waals surface area contributed by atoms with Gasteiger partial charge >= 0.3 is 0 Å². The Bertz CT molecular complexity index is 417. The molecule has 0 radical (unpaired) electrons. The molecule has 0 aliphatic heterocycles. The maximum Gasteiger partial charge on any atom is 0.123 e. The van der Waals surface area contributed by atoms with Gasteiger partial charge in [0.25, 0.3) is 0 Å². The Hall–Kier alpha value is -1.62. The average Bonchev–Trinajstić information content (AvgIpc) is 2.88. The van der Waals surface area contributed by atoms with Crippen molar-refractivity contribution in [3.63, 3.8) is 0 Å². The number of nitrogens with one attached hydrogen (secondary N) is 2. The van der Waals surface area contributed by atoms with E-state index in [1.54, 1.807) is 6.20 Å². The van der Waals surface area contributed by atoms with Gasteiger partial charge in [0.2, 0.25) is 0 Å². The topological polar surface area (TPSA) is 58.5 Å². The number of aryl methyl sites for hydroxylation is 1. The summed E-state index contributed by atoms with van der Waals surface area (Å²) in [5, 5.41) is 7.78. The summed E-state index contributed by atoms with van der Waals surface area (Å²) in [6.45, 7) is 3.01. The highest BCUT2D eigenvalue weighted by atomic mass is 15.2. The molecule has 0 aliphatic rings. The van der Waals surface area contributed by atoms with Crippen LogP contribution in [0.4, 0.5) is 0 Å². The van der Waals surface area contributed by atoms with E-state index >= 15 is 0 Å². The smallest absolute Gasteiger partial charge is 0.123 e. The molecule has 0 saturated heterocycles. The Morgan fingerprint density at radius 2 is 2.44 bits per heavy atom. The minimum Gasteiger partial charge on any atom is -0.347 e. The number of aromatic nitrogens is 4. The summed E-state index contributed by atoms with van der Waals surface area (Å²) in [6, 6.07) is 2.24. The predicted molar refractivity (Wildman–Crippen MR) is 61.9 cm³/mol. The normalized spacial score (nSPS) is 12.9. The van der Waals surface area contributed by atoms with Crippen LogP contribution in [0, 0.1) is 0 Å². The number of likely N-dealkylation sites (N-methyl/N-ethyl adjacent to an activating group) is 1. The monoisotopic (exact) mass is 219 g/mol. The van der Waals surface area contributed by atoms with Crippen LogP contribution in [0.5, 0.6) is 0 Å². The van der Waals surface area contributed by atoms with Gasteiger partial charge in [-0.1, -0.05) is 6.92 Å². The first-order chi connectivity index (χ1) is 7.79. The fraction of sp³-hybridized carbons (Fsp3) is 0.455. The van der Waals surface area contributed by atoms with Crippen LogP contribution in [0.15, 0.2) is 24.7 Å². The van der Waals surface area contributed by atoms with E-state index in [-0.39, 0.29) is 6.04 Å². The Morgan fingerprint density at radius 3 is 3.00 bits per heavy atom. The zero-order valence-corrected chi connectivity index (χ0v) is 9.64. The van der Waals surface area contributed by atoms with Crippen molar-refractivity contribution in [2.45, 2.75) is 19.4 Å². The van der Waals surface area contributed by atoms with Crippen molar-refractivity contribution < 1.29 is 0 Å². The van der Waals surface area contributed by atoms with Gasteiger partial charge in [-0.25, -0.2) is 4.98 Å². The molecule has 16 heavy (non-hydrogen) atoms. The summed E-state index contributed by atoms with van der Waals surface area (Å²) in [5.41, 5.74) is 1.07. The van der Waals surface area contributed by atoms with Crippen LogP contribution < -0.4 is 5.32 Å². The third kappa shape index (κ3) is 2.49. The molecule has 0 saturated carbocycles. The quantitative estimate of drug-likeness (QED) is 0.790. The first kappa shape index (κ1) is 10.9. The zero-order valence-electron chi connectivity index (χ0n) is 9.64. The molecule has 2 N–H and O–H groups in total. The summed E-state index contributed by atoms with van der Waals surface area (Å²) in [7, 11) is 1.93. The van der Waals surface area contributed by atoms with Gasteiger partial charge in [-0.15, -0.1) is 0 Å². The van der Waals surface area contributed by atoms with E-state index in [1.807, 2.05) is 30.2 Å². The van der Waals surface area contributed by atoms with Gasteiger partial charge in [0.1, 0.15) is 5.82 Å². The average molecular weight is 219 g/mol. The van der Waals surface area contributed by atoms with E-state index in [0.717, 1.165) is 24.5 Å². The molecule has 2 aromatic rings. The second-order valence-electron chi connectivity index (χ2n) is 3.77. The minimum atomic E-state index is 0.204. The SMILES string of the molecule is CCNC(Cc1ccn(C)n1)c1ncc[nH]1. The summed E-state index contributed by atoms with van der Waals surface area (Å²) in [5.74, 6) is 0.965. The van der Waals surface area contributed by atoms with E-state index in [4.69, 9.17) is 0 Å². The van der Waals surface area contributed by atoms with Crippen LogP contribution in [0.3, 0.4) is 0 Å². The van der Waals surface area contributed by atoms with Crippen molar-refractivity contribution in [1.82, 2.24) is 25.1 Å². The molecule has 0 bridgehead atoms. The van der Waals surface area contributed by atoms with Crippen LogP contribution in [0.2, 0.25) is 0 Å². The van der Waals surface area contributed by atoms with Crippen molar-refractivity contribution in [3.8, 4) is 0 Å². The summed E-state index contributed by atoms with van der Waals surface area (Å²) >= 11 is 0. The fourth-order valence-corrected chi connectivity index (χ4v) is 1.76. The number of hydrogen-bond donors (Lipinski definition) is 2. The van der Waals surface area contributed by atoms with Crippen molar-refractivity contribution >= 4 is 0 Å². The lowest BCUT2D eigenvalue weighted by Crippen LogP contribution is -2.24. The summed E-state index contributed by atoms with van der Waals surface area (Å²) < 4.78 is 1.82. The van der Waals surface area contributed by atoms with Gasteiger partial charge < -0.3 is 10.3 Å². The number of nitrogens with zero attached hydrogens (tertiary/aromatic N) is 3. The van der Waals surface area contributed by atoms with Crippen molar-refractivity contribution in [3.05, 3.63) is 36.2 Å².